The van der Waals surface area contributed by atoms with Crippen LogP contribution in [0.25, 0.3) is 0 Å². The van der Waals surface area contributed by atoms with Gasteiger partial charge in [0, 0.05) is 6.61 Å². The highest BCUT2D eigenvalue weighted by atomic mass is 28.4. The molecule has 5 heteroatoms. The second-order valence-corrected chi connectivity index (χ2v) is 21.8. The van der Waals surface area contributed by atoms with Gasteiger partial charge in [-0.3, -0.25) is 0 Å². The number of allylic oxidation sites excluding steroid dienone is 1. The van der Waals surface area contributed by atoms with Crippen LogP contribution in [-0.2, 0) is 8.85 Å². The van der Waals surface area contributed by atoms with Crippen LogP contribution in [0.4, 0.5) is 0 Å². The van der Waals surface area contributed by atoms with Crippen LogP contribution in [0.2, 0.25) is 23.2 Å². The van der Waals surface area contributed by atoms with Crippen molar-refractivity contribution in [3.05, 3.63) is 73.3 Å². The summed E-state index contributed by atoms with van der Waals surface area (Å²) in [5.74, 6) is 0.0404. The van der Waals surface area contributed by atoms with Crippen LogP contribution in [0.5, 0.6) is 0 Å². The summed E-state index contributed by atoms with van der Waals surface area (Å²) in [6.45, 7) is 24.8. The highest BCUT2D eigenvalue weighted by Gasteiger charge is 2.52. The molecule has 36 heavy (non-hydrogen) atoms. The maximum atomic E-state index is 11.6. The maximum Gasteiger partial charge on any atom is 0.261 e. The van der Waals surface area contributed by atoms with Crippen LogP contribution >= 0.6 is 0 Å². The molecule has 0 saturated carbocycles. The third-order valence-electron chi connectivity index (χ3n) is 7.92. The lowest BCUT2D eigenvalue weighted by atomic mass is 9.95. The summed E-state index contributed by atoms with van der Waals surface area (Å²) < 4.78 is 14.0. The molecule has 0 heterocycles. The van der Waals surface area contributed by atoms with E-state index in [0.29, 0.717) is 13.0 Å². The van der Waals surface area contributed by atoms with Crippen molar-refractivity contribution in [2.75, 3.05) is 6.61 Å². The standard InChI is InChI=1S/C31H50O3Si2/c1-11-18-25(2)29(32)28(23-24-33-35(9,10)30(3,4)5)34-36(31(6,7)8,26-19-14-12-15-20-26)27-21-16-13-17-22-27/h11-17,19-22,25,28-29,32H,1,18,23-24H2,2-10H3/t25-,28-,29+/m0/s1. The predicted molar refractivity (Wildman–Crippen MR) is 160 cm³/mol. The van der Waals surface area contributed by atoms with E-state index in [0.717, 1.165) is 6.42 Å². The van der Waals surface area contributed by atoms with Crippen molar-refractivity contribution in [1.29, 1.82) is 0 Å². The van der Waals surface area contributed by atoms with Crippen LogP contribution in [0.15, 0.2) is 73.3 Å². The Labute approximate surface area is 223 Å². The Morgan fingerprint density at radius 2 is 1.33 bits per heavy atom. The molecule has 0 saturated heterocycles. The van der Waals surface area contributed by atoms with Gasteiger partial charge in [0.25, 0.3) is 8.32 Å². The molecule has 0 aliphatic rings. The molecule has 0 aromatic heterocycles. The Hall–Kier alpha value is -1.51. The quantitative estimate of drug-likeness (QED) is 0.241. The van der Waals surface area contributed by atoms with E-state index in [-0.39, 0.29) is 22.1 Å². The van der Waals surface area contributed by atoms with Crippen molar-refractivity contribution in [3.63, 3.8) is 0 Å². The Balaban J connectivity index is 2.57. The monoisotopic (exact) mass is 526 g/mol. The van der Waals surface area contributed by atoms with E-state index in [4.69, 9.17) is 8.85 Å². The fourth-order valence-corrected chi connectivity index (χ4v) is 10.4. The largest absolute Gasteiger partial charge is 0.417 e. The smallest absolute Gasteiger partial charge is 0.261 e. The van der Waals surface area contributed by atoms with Crippen molar-refractivity contribution in [2.24, 2.45) is 5.92 Å². The van der Waals surface area contributed by atoms with E-state index < -0.39 is 22.7 Å². The number of hydrogen-bond donors (Lipinski definition) is 1. The first-order valence-electron chi connectivity index (χ1n) is 13.4. The van der Waals surface area contributed by atoms with Gasteiger partial charge in [-0.1, -0.05) is 115 Å². The molecule has 2 aromatic carbocycles. The number of aliphatic hydroxyl groups excluding tert-OH is 1. The SMILES string of the molecule is C=CC[C@H](C)[C@@H](O)[C@H](CCO[Si](C)(C)C(C)(C)C)O[Si](c1ccccc1)(c1ccccc1)C(C)(C)C. The summed E-state index contributed by atoms with van der Waals surface area (Å²) in [6.07, 6.45) is 2.31. The van der Waals surface area contributed by atoms with Crippen molar-refractivity contribution >= 4 is 27.0 Å². The molecule has 200 valence electrons. The van der Waals surface area contributed by atoms with Gasteiger partial charge in [0.2, 0.25) is 0 Å². The lowest BCUT2D eigenvalue weighted by Crippen LogP contribution is -2.68. The minimum Gasteiger partial charge on any atom is -0.417 e. The topological polar surface area (TPSA) is 38.7 Å². The van der Waals surface area contributed by atoms with Crippen molar-refractivity contribution in [1.82, 2.24) is 0 Å². The number of aliphatic hydroxyl groups is 1. The molecule has 2 rings (SSSR count). The molecule has 0 aliphatic carbocycles. The number of benzene rings is 2. The van der Waals surface area contributed by atoms with E-state index in [1.807, 2.05) is 6.08 Å². The molecule has 1 N–H and O–H groups in total. The Morgan fingerprint density at radius 1 is 0.861 bits per heavy atom. The molecule has 0 bridgehead atoms. The van der Waals surface area contributed by atoms with Crippen molar-refractivity contribution in [2.45, 2.75) is 96.7 Å². The van der Waals surface area contributed by atoms with Gasteiger partial charge >= 0.3 is 0 Å². The minimum atomic E-state index is -2.81. The highest BCUT2D eigenvalue weighted by Crippen LogP contribution is 2.40. The summed E-state index contributed by atoms with van der Waals surface area (Å²) in [4.78, 5) is 0. The van der Waals surface area contributed by atoms with Crippen LogP contribution < -0.4 is 10.4 Å². The van der Waals surface area contributed by atoms with Crippen molar-refractivity contribution in [3.8, 4) is 0 Å². The van der Waals surface area contributed by atoms with Gasteiger partial charge in [-0.25, -0.2) is 0 Å². The normalized spacial score (nSPS) is 15.8. The summed E-state index contributed by atoms with van der Waals surface area (Å²) in [5, 5.41) is 14.1. The van der Waals surface area contributed by atoms with Gasteiger partial charge in [-0.05, 0) is 52.3 Å². The lowest BCUT2D eigenvalue weighted by Gasteiger charge is -2.46. The van der Waals surface area contributed by atoms with E-state index >= 15 is 0 Å². The molecule has 0 spiro atoms. The molecule has 0 radical (unpaired) electrons. The zero-order valence-electron chi connectivity index (χ0n) is 24.2. The zero-order valence-corrected chi connectivity index (χ0v) is 26.2. The summed E-state index contributed by atoms with van der Waals surface area (Å²) in [7, 11) is -4.72. The first kappa shape index (κ1) is 30.7. The van der Waals surface area contributed by atoms with Crippen LogP contribution in [0.1, 0.15) is 61.3 Å². The summed E-state index contributed by atoms with van der Waals surface area (Å²) >= 11 is 0. The average molecular weight is 527 g/mol. The molecule has 2 aromatic rings. The highest BCUT2D eigenvalue weighted by molar-refractivity contribution is 6.99. The van der Waals surface area contributed by atoms with Gasteiger partial charge in [-0.15, -0.1) is 6.58 Å². The summed E-state index contributed by atoms with van der Waals surface area (Å²) in [5.41, 5.74) is 0. The van der Waals surface area contributed by atoms with Gasteiger partial charge < -0.3 is 14.0 Å². The Morgan fingerprint density at radius 3 is 1.72 bits per heavy atom. The van der Waals surface area contributed by atoms with E-state index in [1.54, 1.807) is 0 Å². The average Bonchev–Trinajstić information content (AvgIpc) is 2.80. The molecular formula is C31H50O3Si2. The van der Waals surface area contributed by atoms with Crippen LogP contribution in [0.3, 0.4) is 0 Å². The fraction of sp³-hybridized carbons (Fsp3) is 0.548. The molecule has 3 nitrogen and oxygen atoms in total. The molecule has 0 unspecified atom stereocenters. The first-order chi connectivity index (χ1) is 16.7. The van der Waals surface area contributed by atoms with Gasteiger partial charge in [0.05, 0.1) is 12.2 Å². The Kier molecular flexibility index (Phi) is 10.5. The molecule has 3 atom stereocenters. The molecule has 0 amide bonds. The number of hydrogen-bond acceptors (Lipinski definition) is 3. The summed E-state index contributed by atoms with van der Waals surface area (Å²) in [6, 6.07) is 21.3. The Bertz CT molecular complexity index is 890. The lowest BCUT2D eigenvalue weighted by molar-refractivity contribution is -0.0128. The second kappa shape index (κ2) is 12.4. The van der Waals surface area contributed by atoms with Crippen molar-refractivity contribution < 1.29 is 14.0 Å². The van der Waals surface area contributed by atoms with Gasteiger partial charge in [-0.2, -0.15) is 0 Å². The van der Waals surface area contributed by atoms with Crippen LogP contribution in [0, 0.1) is 5.92 Å². The van der Waals surface area contributed by atoms with E-state index in [1.165, 1.54) is 10.4 Å². The fourth-order valence-electron chi connectivity index (χ4n) is 4.63. The second-order valence-electron chi connectivity index (χ2n) is 12.7. The van der Waals surface area contributed by atoms with Crippen LogP contribution in [-0.4, -0.2) is 40.6 Å². The predicted octanol–water partition coefficient (Wildman–Crippen LogP) is 6.92. The third kappa shape index (κ3) is 7.07. The van der Waals surface area contributed by atoms with E-state index in [2.05, 4.69) is 129 Å². The number of rotatable bonds is 12. The van der Waals surface area contributed by atoms with Gasteiger partial charge in [0.1, 0.15) is 0 Å². The minimum absolute atomic E-state index is 0.0404. The molecule has 0 fully saturated rings. The third-order valence-corrected chi connectivity index (χ3v) is 17.5. The van der Waals surface area contributed by atoms with E-state index in [9.17, 15) is 5.11 Å². The maximum absolute atomic E-state index is 11.6. The molecule has 0 aliphatic heterocycles. The first-order valence-corrected chi connectivity index (χ1v) is 18.2. The van der Waals surface area contributed by atoms with Gasteiger partial charge in [0.15, 0.2) is 8.32 Å². The zero-order chi connectivity index (χ0) is 27.2. The molecular weight excluding hydrogens is 477 g/mol.